The van der Waals surface area contributed by atoms with E-state index in [0.29, 0.717) is 5.89 Å². The molecule has 0 amide bonds. The maximum Gasteiger partial charge on any atom is 0.192 e. The van der Waals surface area contributed by atoms with Crippen LogP contribution in [0.2, 0.25) is 0 Å². The number of hydrogen-bond donors (Lipinski definition) is 1. The highest BCUT2D eigenvalue weighted by molar-refractivity contribution is 6.01. The minimum Gasteiger partial charge on any atom is -0.440 e. The van der Waals surface area contributed by atoms with Crippen LogP contribution in [0, 0.1) is 6.92 Å². The first kappa shape index (κ1) is 7.44. The Morgan fingerprint density at radius 3 is 3.07 bits per heavy atom. The topological polar surface area (TPSA) is 57.0 Å². The second kappa shape index (κ2) is 2.29. The van der Waals surface area contributed by atoms with Crippen LogP contribution >= 0.6 is 0 Å². The molecule has 3 aromatic rings. The Bertz CT molecular complexity index is 621. The van der Waals surface area contributed by atoms with Crippen molar-refractivity contribution >= 4 is 22.0 Å². The van der Waals surface area contributed by atoms with Gasteiger partial charge in [-0.2, -0.15) is 0 Å². The van der Waals surface area contributed by atoms with E-state index in [-0.39, 0.29) is 0 Å². The van der Waals surface area contributed by atoms with Crippen molar-refractivity contribution in [2.45, 2.75) is 6.92 Å². The SMILES string of the molecule is Cc1nc2ccc3c(ccn3N)c2o1. The third-order valence-corrected chi connectivity index (χ3v) is 2.36. The summed E-state index contributed by atoms with van der Waals surface area (Å²) < 4.78 is 7.09. The Morgan fingerprint density at radius 1 is 1.36 bits per heavy atom. The third-order valence-electron chi connectivity index (χ3n) is 2.36. The second-order valence-electron chi connectivity index (χ2n) is 3.30. The lowest BCUT2D eigenvalue weighted by atomic mass is 10.2. The van der Waals surface area contributed by atoms with Crippen LogP contribution in [0.5, 0.6) is 0 Å². The van der Waals surface area contributed by atoms with Crippen LogP contribution in [0.4, 0.5) is 0 Å². The fourth-order valence-corrected chi connectivity index (χ4v) is 1.73. The summed E-state index contributed by atoms with van der Waals surface area (Å²) in [5, 5.41) is 1.01. The molecule has 0 aliphatic heterocycles. The maximum atomic E-state index is 5.73. The minimum atomic E-state index is 0.678. The molecule has 0 radical (unpaired) electrons. The molecule has 2 heterocycles. The van der Waals surface area contributed by atoms with Gasteiger partial charge in [0.1, 0.15) is 5.52 Å². The van der Waals surface area contributed by atoms with E-state index in [9.17, 15) is 0 Å². The maximum absolute atomic E-state index is 5.73. The molecule has 0 fully saturated rings. The lowest BCUT2D eigenvalue weighted by molar-refractivity contribution is 0.563. The standard InChI is InChI=1S/C10H9N3O/c1-6-12-8-2-3-9-7(10(8)14-6)4-5-13(9)11/h2-5H,11H2,1H3. The van der Waals surface area contributed by atoms with E-state index >= 15 is 0 Å². The van der Waals surface area contributed by atoms with E-state index in [1.807, 2.05) is 31.3 Å². The number of benzene rings is 1. The third kappa shape index (κ3) is 0.797. The fourth-order valence-electron chi connectivity index (χ4n) is 1.73. The molecule has 0 spiro atoms. The zero-order valence-electron chi connectivity index (χ0n) is 7.69. The second-order valence-corrected chi connectivity index (χ2v) is 3.30. The number of aromatic nitrogens is 2. The molecule has 0 bridgehead atoms. The number of nitrogens with zero attached hydrogens (tertiary/aromatic N) is 2. The zero-order chi connectivity index (χ0) is 9.71. The average Bonchev–Trinajstić information content (AvgIpc) is 2.68. The molecule has 0 unspecified atom stereocenters. The highest BCUT2D eigenvalue weighted by Gasteiger charge is 2.08. The van der Waals surface area contributed by atoms with E-state index in [1.54, 1.807) is 4.68 Å². The van der Waals surface area contributed by atoms with Crippen molar-refractivity contribution in [3.05, 3.63) is 30.3 Å². The van der Waals surface area contributed by atoms with Crippen molar-refractivity contribution in [3.63, 3.8) is 0 Å². The van der Waals surface area contributed by atoms with Gasteiger partial charge in [0, 0.05) is 18.5 Å². The molecular formula is C10H9N3O. The van der Waals surface area contributed by atoms with Gasteiger partial charge in [0.15, 0.2) is 11.5 Å². The molecule has 0 atom stereocenters. The summed E-state index contributed by atoms with van der Waals surface area (Å²) >= 11 is 0. The molecule has 2 N–H and O–H groups in total. The zero-order valence-corrected chi connectivity index (χ0v) is 7.69. The first-order chi connectivity index (χ1) is 6.75. The van der Waals surface area contributed by atoms with E-state index in [1.165, 1.54) is 0 Å². The highest BCUT2D eigenvalue weighted by atomic mass is 16.3. The van der Waals surface area contributed by atoms with Crippen molar-refractivity contribution in [1.29, 1.82) is 0 Å². The summed E-state index contributed by atoms with van der Waals surface area (Å²) in [5.74, 6) is 6.41. The van der Waals surface area contributed by atoms with Gasteiger partial charge in [-0.3, -0.25) is 4.68 Å². The van der Waals surface area contributed by atoms with Crippen molar-refractivity contribution in [2.75, 3.05) is 5.84 Å². The summed E-state index contributed by atoms with van der Waals surface area (Å²) in [6.45, 7) is 1.84. The van der Waals surface area contributed by atoms with Gasteiger partial charge < -0.3 is 10.3 Å². The van der Waals surface area contributed by atoms with E-state index in [2.05, 4.69) is 4.98 Å². The predicted octanol–water partition coefficient (Wildman–Crippen LogP) is 1.80. The number of hydrogen-bond acceptors (Lipinski definition) is 3. The molecule has 70 valence electrons. The number of nitrogen functional groups attached to an aromatic ring is 1. The van der Waals surface area contributed by atoms with Crippen LogP contribution in [0.25, 0.3) is 22.0 Å². The molecule has 14 heavy (non-hydrogen) atoms. The minimum absolute atomic E-state index is 0.678. The van der Waals surface area contributed by atoms with Crippen LogP contribution in [-0.4, -0.2) is 9.66 Å². The molecule has 0 saturated carbocycles. The quantitative estimate of drug-likeness (QED) is 0.546. The number of rotatable bonds is 0. The van der Waals surface area contributed by atoms with Gasteiger partial charge >= 0.3 is 0 Å². The summed E-state index contributed by atoms with van der Waals surface area (Å²) in [7, 11) is 0. The first-order valence-electron chi connectivity index (χ1n) is 4.38. The summed E-state index contributed by atoms with van der Waals surface area (Å²) in [6, 6.07) is 5.79. The van der Waals surface area contributed by atoms with Gasteiger partial charge in [-0.15, -0.1) is 0 Å². The van der Waals surface area contributed by atoms with Gasteiger partial charge in [-0.25, -0.2) is 4.98 Å². The monoisotopic (exact) mass is 187 g/mol. The van der Waals surface area contributed by atoms with Gasteiger partial charge in [0.25, 0.3) is 0 Å². The highest BCUT2D eigenvalue weighted by Crippen LogP contribution is 2.25. The molecule has 1 aromatic carbocycles. The first-order valence-corrected chi connectivity index (χ1v) is 4.38. The summed E-state index contributed by atoms with van der Waals surface area (Å²) in [5.41, 5.74) is 2.64. The fraction of sp³-hybridized carbons (Fsp3) is 0.100. The van der Waals surface area contributed by atoms with Crippen molar-refractivity contribution in [3.8, 4) is 0 Å². The number of aryl methyl sites for hydroxylation is 1. The molecule has 4 nitrogen and oxygen atoms in total. The van der Waals surface area contributed by atoms with Gasteiger partial charge in [0.2, 0.25) is 0 Å². The van der Waals surface area contributed by atoms with E-state index < -0.39 is 0 Å². The molecular weight excluding hydrogens is 178 g/mol. The molecule has 0 aliphatic rings. The lowest BCUT2D eigenvalue weighted by Crippen LogP contribution is -2.04. The molecule has 4 heteroatoms. The van der Waals surface area contributed by atoms with E-state index in [4.69, 9.17) is 10.3 Å². The largest absolute Gasteiger partial charge is 0.440 e. The Labute approximate surface area is 79.9 Å². The smallest absolute Gasteiger partial charge is 0.192 e. The van der Waals surface area contributed by atoms with Gasteiger partial charge in [-0.1, -0.05) is 0 Å². The van der Waals surface area contributed by atoms with Gasteiger partial charge in [0.05, 0.1) is 5.52 Å². The van der Waals surface area contributed by atoms with Crippen LogP contribution in [0.3, 0.4) is 0 Å². The van der Waals surface area contributed by atoms with Crippen LogP contribution < -0.4 is 5.84 Å². The summed E-state index contributed by atoms with van der Waals surface area (Å²) in [6.07, 6.45) is 1.81. The molecule has 3 rings (SSSR count). The average molecular weight is 187 g/mol. The predicted molar refractivity (Wildman–Crippen MR) is 54.4 cm³/mol. The number of nitrogens with two attached hydrogens (primary N) is 1. The number of oxazole rings is 1. The Hall–Kier alpha value is -1.97. The Balaban J connectivity index is 2.60. The van der Waals surface area contributed by atoms with Crippen LogP contribution in [0.1, 0.15) is 5.89 Å². The number of fused-ring (bicyclic) bond motifs is 3. The molecule has 2 aromatic heterocycles. The lowest BCUT2D eigenvalue weighted by Gasteiger charge is -1.94. The molecule has 0 saturated heterocycles. The van der Waals surface area contributed by atoms with Crippen molar-refractivity contribution in [1.82, 2.24) is 9.66 Å². The Morgan fingerprint density at radius 2 is 2.21 bits per heavy atom. The van der Waals surface area contributed by atoms with Crippen LogP contribution in [-0.2, 0) is 0 Å². The van der Waals surface area contributed by atoms with Crippen LogP contribution in [0.15, 0.2) is 28.8 Å². The van der Waals surface area contributed by atoms with E-state index in [0.717, 1.165) is 22.0 Å². The van der Waals surface area contributed by atoms with Gasteiger partial charge in [-0.05, 0) is 18.2 Å². The van der Waals surface area contributed by atoms with Crippen molar-refractivity contribution in [2.24, 2.45) is 0 Å². The summed E-state index contributed by atoms with van der Waals surface area (Å²) in [4.78, 5) is 4.26. The molecule has 0 aliphatic carbocycles. The Kier molecular flexibility index (Phi) is 1.21. The normalized spacial score (nSPS) is 11.5. The van der Waals surface area contributed by atoms with Crippen molar-refractivity contribution < 1.29 is 4.42 Å².